The number of nitrogens with zero attached hydrogens (tertiary/aromatic N) is 3. The van der Waals surface area contributed by atoms with Gasteiger partial charge in [0.2, 0.25) is 5.69 Å². The second-order valence-corrected chi connectivity index (χ2v) is 28.5. The number of carbonyl (C=O) groups excluding carboxylic acids is 1. The van der Waals surface area contributed by atoms with E-state index in [1.54, 1.807) is 33.7 Å². The first-order chi connectivity index (χ1) is 36.6. The molecule has 0 bridgehead atoms. The van der Waals surface area contributed by atoms with Crippen molar-refractivity contribution in [3.05, 3.63) is 116 Å². The van der Waals surface area contributed by atoms with Crippen LogP contribution < -0.4 is 30.8 Å². The Kier molecular flexibility index (Phi) is 20.6. The van der Waals surface area contributed by atoms with Crippen molar-refractivity contribution in [2.24, 2.45) is 0 Å². The van der Waals surface area contributed by atoms with Gasteiger partial charge in [-0.1, -0.05) is 65.5 Å². The number of carbonyl (C=O) groups is 1. The highest BCUT2D eigenvalue weighted by atomic mass is 33.1. The summed E-state index contributed by atoms with van der Waals surface area (Å²) in [6.45, 7) is 9.53. The number of allylic oxidation sites excluding steroid dienone is 6. The molecule has 6 atom stereocenters. The van der Waals surface area contributed by atoms with E-state index in [-0.39, 0.29) is 28.2 Å². The SMILES string of the molecule is CCN1C(=CC=CC=CC2=[N+](CCCSSCCCC(=O)OCC#Cc3cn(C4CC(O)C(COP(=O)([O-])OP(=O)([O-])OP(=O)([O-])O)O4)c(=O)[nH]c3=O)c3ccc(S(=O)(=O)O)cc3C2(C)C)C(C)(C)c2cc(S(=O)(=O)O)ccc21. The number of H-pyrrole nitrogens is 1. The average molecular weight is 1240 g/mol. The van der Waals surface area contributed by atoms with Crippen LogP contribution in [0.3, 0.4) is 0 Å². The predicted octanol–water partition coefficient (Wildman–Crippen LogP) is 3.46. The smallest absolute Gasteiger partial charge is 0.330 e. The third-order valence-corrected chi connectivity index (χ3v) is 20.4. The standard InChI is InChI=1S/C46H57N4O22P3S4/c1-6-48-35-19-17-31(78(62,63)64)25-33(35)45(2,3)39(48)14-8-7-9-15-40-46(4,5)34-26-32(79(65,66)67)18-20-36(34)49(40)21-12-24-77-76-23-11-16-42(52)68-22-10-13-30-28-50(44(54)47-43(30)53)41-27-37(51)38(70-41)29-69-74(58,59)72-75(60,61)71-73(55,56)57/h7-9,14-15,17-20,25-26,28,37-38,41,51H,6,11-12,16,21-24,27,29H2,1-5H3,(H6-,47,53,54,55,56,57,58,59,60,61,62,63,64,65,66,67)/p-2. The number of benzene rings is 2. The average Bonchev–Trinajstić information content (AvgIpc) is 4.12. The van der Waals surface area contributed by atoms with Crippen LogP contribution in [0.4, 0.5) is 11.4 Å². The minimum Gasteiger partial charge on any atom is -0.756 e. The summed E-state index contributed by atoms with van der Waals surface area (Å²) in [6.07, 6.45) is 6.95. The summed E-state index contributed by atoms with van der Waals surface area (Å²) in [5.41, 5.74) is 1.43. The summed E-state index contributed by atoms with van der Waals surface area (Å²) >= 11 is 0. The molecule has 33 heteroatoms. The second kappa shape index (κ2) is 25.5. The van der Waals surface area contributed by atoms with Crippen molar-refractivity contribution in [1.29, 1.82) is 0 Å². The molecule has 3 aliphatic rings. The molecule has 26 nitrogen and oxygen atoms in total. The van der Waals surface area contributed by atoms with Crippen LogP contribution in [0.25, 0.3) is 0 Å². The molecule has 6 rings (SSSR count). The van der Waals surface area contributed by atoms with Gasteiger partial charge in [0.05, 0.1) is 27.9 Å². The van der Waals surface area contributed by atoms with Gasteiger partial charge >= 0.3 is 11.7 Å². The number of hydrogen-bond donors (Lipinski definition) is 5. The van der Waals surface area contributed by atoms with Gasteiger partial charge in [0.15, 0.2) is 12.3 Å². The zero-order valence-electron chi connectivity index (χ0n) is 42.7. The van der Waals surface area contributed by atoms with Crippen LogP contribution in [0.1, 0.15) is 83.2 Å². The highest BCUT2D eigenvalue weighted by Gasteiger charge is 2.45. The molecule has 6 unspecified atom stereocenters. The van der Waals surface area contributed by atoms with E-state index in [0.29, 0.717) is 43.0 Å². The lowest BCUT2D eigenvalue weighted by Gasteiger charge is -2.33. The van der Waals surface area contributed by atoms with E-state index in [0.717, 1.165) is 39.1 Å². The molecule has 4 heterocycles. The maximum Gasteiger partial charge on any atom is 0.330 e. The van der Waals surface area contributed by atoms with Crippen LogP contribution >= 0.6 is 45.1 Å². The van der Waals surface area contributed by atoms with Gasteiger partial charge < -0.3 is 43.6 Å². The van der Waals surface area contributed by atoms with Crippen LogP contribution in [0.2, 0.25) is 0 Å². The Balaban J connectivity index is 0.983. The van der Waals surface area contributed by atoms with E-state index in [9.17, 15) is 73.8 Å². The molecule has 0 radical (unpaired) electrons. The minimum absolute atomic E-state index is 0.0528. The summed E-state index contributed by atoms with van der Waals surface area (Å²) in [5, 5.41) is 10.4. The summed E-state index contributed by atoms with van der Waals surface area (Å²) in [6, 6.07) is 9.09. The van der Waals surface area contributed by atoms with Gasteiger partial charge in [-0.15, -0.1) is 0 Å². The maximum atomic E-state index is 12.6. The number of fused-ring (bicyclic) bond motifs is 2. The number of likely N-dealkylation sites (N-methyl/N-ethyl adjacent to an activating group) is 1. The first-order valence-electron chi connectivity index (χ1n) is 23.7. The lowest BCUT2D eigenvalue weighted by molar-refractivity contribution is -0.437. The number of aliphatic hydroxyl groups is 1. The largest absolute Gasteiger partial charge is 0.756 e. The van der Waals surface area contributed by atoms with Gasteiger partial charge in [0.25, 0.3) is 49.3 Å². The van der Waals surface area contributed by atoms with E-state index in [2.05, 4.69) is 34.5 Å². The number of nitrogens with one attached hydrogen (secondary N) is 1. The van der Waals surface area contributed by atoms with Crippen LogP contribution in [0.15, 0.2) is 98.1 Å². The molecule has 432 valence electrons. The monoisotopic (exact) mass is 1240 g/mol. The van der Waals surface area contributed by atoms with Crippen LogP contribution in [-0.4, -0.2) is 112 Å². The molecule has 79 heavy (non-hydrogen) atoms. The molecule has 1 saturated heterocycles. The van der Waals surface area contributed by atoms with Crippen molar-refractivity contribution in [2.75, 3.05) is 42.7 Å². The summed E-state index contributed by atoms with van der Waals surface area (Å²) in [7, 11) is -23.8. The lowest BCUT2D eigenvalue weighted by Crippen LogP contribution is -2.33. The van der Waals surface area contributed by atoms with Crippen molar-refractivity contribution < 1.29 is 96.3 Å². The molecule has 0 spiro atoms. The fourth-order valence-electron chi connectivity index (χ4n) is 8.84. The molecule has 3 aliphatic heterocycles. The zero-order valence-corrected chi connectivity index (χ0v) is 48.6. The van der Waals surface area contributed by atoms with Gasteiger partial charge in [-0.3, -0.25) is 41.9 Å². The van der Waals surface area contributed by atoms with Crippen LogP contribution in [0.5, 0.6) is 0 Å². The molecule has 3 aromatic rings. The van der Waals surface area contributed by atoms with E-state index in [1.807, 2.05) is 70.0 Å². The van der Waals surface area contributed by atoms with E-state index >= 15 is 0 Å². The Labute approximate surface area is 461 Å². The van der Waals surface area contributed by atoms with E-state index in [1.165, 1.54) is 24.3 Å². The topological polar surface area (TPSA) is 394 Å². The Morgan fingerprint density at radius 3 is 2.22 bits per heavy atom. The first-order valence-corrected chi connectivity index (χ1v) is 33.5. The van der Waals surface area contributed by atoms with Gasteiger partial charge in [-0.25, -0.2) is 13.4 Å². The van der Waals surface area contributed by atoms with E-state index < -0.39 is 103 Å². The molecular weight excluding hydrogens is 1180 g/mol. The third-order valence-electron chi connectivity index (χ3n) is 12.5. The van der Waals surface area contributed by atoms with Crippen LogP contribution in [-0.2, 0) is 72.2 Å². The first kappa shape index (κ1) is 63.9. The van der Waals surface area contributed by atoms with Gasteiger partial charge in [0.1, 0.15) is 24.4 Å². The van der Waals surface area contributed by atoms with Crippen molar-refractivity contribution in [1.82, 2.24) is 9.55 Å². The molecular formula is C46H55N4O22P3S4-2. The van der Waals surface area contributed by atoms with Crippen LogP contribution in [0, 0.1) is 11.8 Å². The highest BCUT2D eigenvalue weighted by Crippen LogP contribution is 2.61. The number of rotatable bonds is 24. The molecule has 1 aromatic heterocycles. The number of anilines is 1. The number of ether oxygens (including phenoxy) is 2. The summed E-state index contributed by atoms with van der Waals surface area (Å²) < 4.78 is 126. The number of aromatic amines is 1. The minimum atomic E-state index is -6.18. The number of phosphoric ester groups is 1. The Morgan fingerprint density at radius 1 is 0.924 bits per heavy atom. The van der Waals surface area contributed by atoms with Crippen molar-refractivity contribution in [3.63, 3.8) is 0 Å². The number of hydrogen-bond acceptors (Lipinski definition) is 22. The molecule has 5 N–H and O–H groups in total. The Morgan fingerprint density at radius 2 is 1.57 bits per heavy atom. The molecule has 0 aliphatic carbocycles. The van der Waals surface area contributed by atoms with Gasteiger partial charge in [-0.05, 0) is 69.2 Å². The Hall–Kier alpha value is -4.31. The number of phosphoric acid groups is 3. The van der Waals surface area contributed by atoms with Gasteiger partial charge in [0, 0.05) is 78.0 Å². The fraction of sp³-hybridized carbons (Fsp3) is 0.435. The second-order valence-electron chi connectivity index (χ2n) is 18.7. The summed E-state index contributed by atoms with van der Waals surface area (Å²) in [5.74, 6) is 5.70. The summed E-state index contributed by atoms with van der Waals surface area (Å²) in [4.78, 5) is 83.7. The number of esters is 1. The molecule has 0 saturated carbocycles. The van der Waals surface area contributed by atoms with Gasteiger partial charge in [-0.2, -0.15) is 21.4 Å². The highest BCUT2D eigenvalue weighted by molar-refractivity contribution is 8.76. The fourth-order valence-corrected chi connectivity index (χ4v) is 14.9. The van der Waals surface area contributed by atoms with Crippen molar-refractivity contribution in [3.8, 4) is 11.8 Å². The normalized spacial score (nSPS) is 21.6. The van der Waals surface area contributed by atoms with Crippen molar-refractivity contribution in [2.45, 2.75) is 99.4 Å². The molecule has 1 fully saturated rings. The van der Waals surface area contributed by atoms with Crippen molar-refractivity contribution >= 4 is 88.3 Å². The molecule has 2 aromatic carbocycles. The maximum absolute atomic E-state index is 12.6. The Bertz CT molecular complexity index is 3540. The third kappa shape index (κ3) is 16.5. The predicted molar refractivity (Wildman–Crippen MR) is 283 cm³/mol. The van der Waals surface area contributed by atoms with E-state index in [4.69, 9.17) is 14.4 Å². The quantitative estimate of drug-likeness (QED) is 0.0125. The number of aliphatic hydroxyl groups excluding tert-OH is 1. The lowest BCUT2D eigenvalue weighted by atomic mass is 9.81. The molecule has 0 amide bonds. The zero-order chi connectivity index (χ0) is 58.5. The number of aromatic nitrogens is 2.